The van der Waals surface area contributed by atoms with Crippen LogP contribution >= 0.6 is 23.5 Å². The van der Waals surface area contributed by atoms with Crippen LogP contribution in [0.3, 0.4) is 0 Å². The first kappa shape index (κ1) is 25.3. The summed E-state index contributed by atoms with van der Waals surface area (Å²) in [7, 11) is -15.7. The smallest absolute Gasteiger partial charge is 0.387 e. The highest BCUT2D eigenvalue weighted by molar-refractivity contribution is 7.74. The quantitative estimate of drug-likeness (QED) is 0.324. The summed E-state index contributed by atoms with van der Waals surface area (Å²) in [6.45, 7) is -0.922. The second-order valence-corrected chi connectivity index (χ2v) is 12.1. The Balaban J connectivity index is 1.55. The fourth-order valence-electron chi connectivity index (χ4n) is 3.24. The van der Waals surface area contributed by atoms with Gasteiger partial charge in [0.1, 0.15) is 24.1 Å². The molecule has 19 heteroatoms. The van der Waals surface area contributed by atoms with Gasteiger partial charge in [0.05, 0.1) is 6.61 Å². The Labute approximate surface area is 190 Å². The molecule has 0 amide bonds. The van der Waals surface area contributed by atoms with E-state index in [0.717, 1.165) is 4.57 Å². The molecule has 6 N–H and O–H groups in total. The molecule has 3 unspecified atom stereocenters. The average molecular weight is 541 g/mol. The number of ether oxygens (including phenoxy) is 1. The van der Waals surface area contributed by atoms with Crippen molar-refractivity contribution in [3.05, 3.63) is 47.0 Å². The summed E-state index contributed by atoms with van der Waals surface area (Å²) in [6, 6.07) is 8.61. The molecule has 2 fully saturated rings. The number of hydrogen-bond acceptors (Lipinski definition) is 13. The topological polar surface area (TPSA) is 239 Å². The van der Waals surface area contributed by atoms with Gasteiger partial charge < -0.3 is 30.5 Å². The molecule has 34 heavy (non-hydrogen) atoms. The largest absolute Gasteiger partial charge is 0.492 e. The number of aromatic nitrogens is 2. The van der Waals surface area contributed by atoms with Crippen LogP contribution < -0.4 is 11.4 Å². The van der Waals surface area contributed by atoms with Crippen LogP contribution in [-0.4, -0.2) is 54.5 Å². The third kappa shape index (κ3) is 5.24. The summed E-state index contributed by atoms with van der Waals surface area (Å²) in [5.41, 5.74) is 5.86. The first-order valence-electron chi connectivity index (χ1n) is 9.29. The minimum Gasteiger partial charge on any atom is -0.387 e. The molecule has 1 aromatic heterocycles. The first-order valence-corrected chi connectivity index (χ1v) is 13.7. The fraction of sp³-hybridized carbons (Fsp3) is 0.333. The van der Waals surface area contributed by atoms with Gasteiger partial charge in [-0.2, -0.15) is 17.9 Å². The van der Waals surface area contributed by atoms with E-state index in [0.29, 0.717) is 11.1 Å². The molecule has 0 spiro atoms. The molecule has 0 aliphatic carbocycles. The average Bonchev–Trinajstić information content (AvgIpc) is 2.99. The van der Waals surface area contributed by atoms with Gasteiger partial charge in [0.15, 0.2) is 6.23 Å². The van der Waals surface area contributed by atoms with Gasteiger partial charge in [-0.1, -0.05) is 30.3 Å². The molecule has 6 atom stereocenters. The van der Waals surface area contributed by atoms with Crippen molar-refractivity contribution in [1.82, 2.24) is 9.55 Å². The van der Waals surface area contributed by atoms with E-state index in [1.54, 1.807) is 30.3 Å². The number of rotatable bonds is 5. The van der Waals surface area contributed by atoms with Gasteiger partial charge in [-0.25, -0.2) is 18.5 Å². The lowest BCUT2D eigenvalue weighted by Crippen LogP contribution is -2.36. The van der Waals surface area contributed by atoms with E-state index in [1.165, 1.54) is 6.20 Å². The minimum atomic E-state index is -5.27. The number of aliphatic hydroxyl groups excluding tert-OH is 2. The number of nitrogens with zero attached hydrogens (tertiary/aromatic N) is 2. The van der Waals surface area contributed by atoms with Crippen molar-refractivity contribution in [1.29, 1.82) is 0 Å². The Bertz CT molecular complexity index is 1260. The molecular formula is C15H18N3O13P3. The van der Waals surface area contributed by atoms with E-state index in [9.17, 15) is 38.5 Å². The highest BCUT2D eigenvalue weighted by Crippen LogP contribution is 2.80. The Morgan fingerprint density at radius 3 is 2.26 bits per heavy atom. The van der Waals surface area contributed by atoms with Crippen molar-refractivity contribution in [2.45, 2.75) is 24.5 Å². The van der Waals surface area contributed by atoms with E-state index in [1.807, 2.05) is 0 Å². The second kappa shape index (κ2) is 9.03. The number of benzene rings is 1. The summed E-state index contributed by atoms with van der Waals surface area (Å²) in [4.78, 5) is 34.7. The Morgan fingerprint density at radius 2 is 1.65 bits per heavy atom. The summed E-state index contributed by atoms with van der Waals surface area (Å²) in [5.74, 6) is -0.0888. The standard InChI is InChI=1S/C15H18N3O13P3/c16-13-9(8-4-2-1-3-5-8)6-18(15(21)17-13)14-12(20)11(19)10(28-14)7-27-34(26)30-32(22,23)29-33(24,25)31-34/h1-6,10-12,14,19-20H,7H2,(H,22,23)(H,24,25)(H2,16,17,21)/t10-,11?,12+,14-/m1/s1. The van der Waals surface area contributed by atoms with Crippen molar-refractivity contribution in [3.63, 3.8) is 0 Å². The monoisotopic (exact) mass is 541 g/mol. The highest BCUT2D eigenvalue weighted by Gasteiger charge is 2.55. The predicted molar refractivity (Wildman–Crippen MR) is 111 cm³/mol. The van der Waals surface area contributed by atoms with Gasteiger partial charge in [0.2, 0.25) is 0 Å². The third-order valence-electron chi connectivity index (χ3n) is 4.69. The highest BCUT2D eigenvalue weighted by atomic mass is 31.3. The molecule has 0 saturated carbocycles. The van der Waals surface area contributed by atoms with Crippen LogP contribution in [-0.2, 0) is 35.9 Å². The van der Waals surface area contributed by atoms with Crippen molar-refractivity contribution in [3.8, 4) is 11.1 Å². The van der Waals surface area contributed by atoms with Crippen LogP contribution in [0.4, 0.5) is 5.82 Å². The number of anilines is 1. The molecule has 16 nitrogen and oxygen atoms in total. The predicted octanol–water partition coefficient (Wildman–Crippen LogP) is 0.501. The van der Waals surface area contributed by atoms with Gasteiger partial charge in [-0.15, -0.1) is 0 Å². The summed E-state index contributed by atoms with van der Waals surface area (Å²) in [5, 5.41) is 20.8. The summed E-state index contributed by atoms with van der Waals surface area (Å²) < 4.78 is 58.4. The Kier molecular flexibility index (Phi) is 6.72. The van der Waals surface area contributed by atoms with E-state index >= 15 is 0 Å². The lowest BCUT2D eigenvalue weighted by atomic mass is 10.1. The molecule has 186 valence electrons. The number of phosphoric acid groups is 3. The van der Waals surface area contributed by atoms with E-state index in [4.69, 9.17) is 15.0 Å². The fourth-order valence-corrected chi connectivity index (χ4v) is 8.17. The number of nitrogens with two attached hydrogens (primary N) is 1. The molecule has 2 saturated heterocycles. The third-order valence-corrected chi connectivity index (χ3v) is 10.1. The molecule has 0 bridgehead atoms. The van der Waals surface area contributed by atoms with Gasteiger partial charge in [0.25, 0.3) is 0 Å². The summed E-state index contributed by atoms with van der Waals surface area (Å²) >= 11 is 0. The van der Waals surface area contributed by atoms with E-state index in [2.05, 4.69) is 17.9 Å². The van der Waals surface area contributed by atoms with Crippen molar-refractivity contribution in [2.75, 3.05) is 12.3 Å². The first-order chi connectivity index (χ1) is 15.8. The molecule has 2 aliphatic heterocycles. The molecule has 2 aromatic rings. The summed E-state index contributed by atoms with van der Waals surface area (Å²) in [6.07, 6.45) is -5.19. The van der Waals surface area contributed by atoms with Crippen molar-refractivity contribution < 1.29 is 55.9 Å². The van der Waals surface area contributed by atoms with Crippen LogP contribution in [0.5, 0.6) is 0 Å². The number of hydrogen-bond donors (Lipinski definition) is 5. The lowest BCUT2D eigenvalue weighted by Gasteiger charge is -2.27. The molecular weight excluding hydrogens is 523 g/mol. The number of nitrogen functional groups attached to an aromatic ring is 1. The van der Waals surface area contributed by atoms with E-state index in [-0.39, 0.29) is 5.82 Å². The Hall–Kier alpha value is -1.77. The van der Waals surface area contributed by atoms with E-state index < -0.39 is 60.3 Å². The molecule has 4 rings (SSSR count). The van der Waals surface area contributed by atoms with Crippen molar-refractivity contribution >= 4 is 29.3 Å². The van der Waals surface area contributed by atoms with Crippen molar-refractivity contribution in [2.24, 2.45) is 0 Å². The lowest BCUT2D eigenvalue weighted by molar-refractivity contribution is -0.0544. The van der Waals surface area contributed by atoms with Crippen LogP contribution in [0, 0.1) is 0 Å². The van der Waals surface area contributed by atoms with Gasteiger partial charge in [-0.3, -0.25) is 9.09 Å². The van der Waals surface area contributed by atoms with Crippen LogP contribution in [0.1, 0.15) is 6.23 Å². The van der Waals surface area contributed by atoms with Gasteiger partial charge >= 0.3 is 29.2 Å². The normalized spacial score (nSPS) is 38.1. The van der Waals surface area contributed by atoms with Gasteiger partial charge in [-0.05, 0) is 5.56 Å². The van der Waals surface area contributed by atoms with Crippen LogP contribution in [0.2, 0.25) is 0 Å². The Morgan fingerprint density at radius 1 is 1.03 bits per heavy atom. The molecule has 1 aromatic carbocycles. The molecule has 3 heterocycles. The molecule has 2 aliphatic rings. The SMILES string of the molecule is Nc1nc(=O)n([C@@H]2O[C@H](COP3(=O)OP(=O)(O)OP(=O)(O)O3)C(O)[C@@H]2O)cc1-c1ccccc1. The maximum absolute atomic E-state index is 12.4. The zero-order valence-corrected chi connectivity index (χ0v) is 19.4. The number of aliphatic hydroxyl groups is 2. The van der Waals surface area contributed by atoms with Gasteiger partial charge in [0, 0.05) is 11.8 Å². The minimum absolute atomic E-state index is 0.0888. The second-order valence-electron chi connectivity index (χ2n) is 7.07. The maximum atomic E-state index is 12.4. The van der Waals surface area contributed by atoms with Crippen LogP contribution in [0.15, 0.2) is 41.3 Å². The maximum Gasteiger partial charge on any atom is 0.492 e. The zero-order valence-electron chi connectivity index (χ0n) is 16.8. The zero-order chi connectivity index (χ0) is 24.9. The van der Waals surface area contributed by atoms with Crippen LogP contribution in [0.25, 0.3) is 11.1 Å². The molecule has 0 radical (unpaired) electrons.